The molecule has 0 aliphatic rings. The van der Waals surface area contributed by atoms with E-state index >= 15 is 0 Å². The normalized spacial score (nSPS) is 13.4. The largest absolute Gasteiger partial charge is 0.472 e. The maximum atomic E-state index is 12.6. The minimum Gasteiger partial charge on any atom is -0.462 e. The lowest BCUT2D eigenvalue weighted by Gasteiger charge is -2.19. The molecular formula is C55H104NO8P. The average molecular weight is 938 g/mol. The molecule has 10 heteroatoms. The number of esters is 2. The Hall–Kier alpha value is -1.77. The summed E-state index contributed by atoms with van der Waals surface area (Å²) in [6.45, 7) is 3.75. The van der Waals surface area contributed by atoms with Crippen molar-refractivity contribution in [2.24, 2.45) is 5.73 Å². The molecule has 0 aromatic carbocycles. The highest BCUT2D eigenvalue weighted by Crippen LogP contribution is 2.43. The Morgan fingerprint density at radius 1 is 0.462 bits per heavy atom. The van der Waals surface area contributed by atoms with Gasteiger partial charge in [-0.1, -0.05) is 243 Å². The van der Waals surface area contributed by atoms with Crippen LogP contribution in [0.5, 0.6) is 0 Å². The number of ether oxygens (including phenoxy) is 2. The number of unbranched alkanes of at least 4 members (excludes halogenated alkanes) is 33. The Kier molecular flexibility index (Phi) is 50.2. The van der Waals surface area contributed by atoms with Gasteiger partial charge in [0.05, 0.1) is 13.2 Å². The van der Waals surface area contributed by atoms with Crippen LogP contribution in [0.4, 0.5) is 0 Å². The van der Waals surface area contributed by atoms with Crippen molar-refractivity contribution in [3.05, 3.63) is 36.5 Å². The number of phosphoric acid groups is 1. The highest BCUT2D eigenvalue weighted by molar-refractivity contribution is 7.47. The molecule has 0 bridgehead atoms. The fraction of sp³-hybridized carbons (Fsp3) is 0.855. The fourth-order valence-electron chi connectivity index (χ4n) is 7.94. The number of allylic oxidation sites excluding steroid dienone is 6. The third kappa shape index (κ3) is 51.5. The van der Waals surface area contributed by atoms with Crippen LogP contribution in [0.1, 0.15) is 271 Å². The van der Waals surface area contributed by atoms with Gasteiger partial charge in [0.1, 0.15) is 6.61 Å². The maximum absolute atomic E-state index is 12.6. The molecule has 0 saturated carbocycles. The van der Waals surface area contributed by atoms with E-state index in [1.54, 1.807) is 0 Å². The molecule has 0 saturated heterocycles. The van der Waals surface area contributed by atoms with E-state index in [2.05, 4.69) is 50.3 Å². The van der Waals surface area contributed by atoms with Crippen molar-refractivity contribution < 1.29 is 37.6 Å². The quantitative estimate of drug-likeness (QED) is 0.0264. The predicted octanol–water partition coefficient (Wildman–Crippen LogP) is 16.8. The lowest BCUT2D eigenvalue weighted by Crippen LogP contribution is -2.29. The summed E-state index contributed by atoms with van der Waals surface area (Å²) < 4.78 is 32.9. The molecule has 0 aliphatic heterocycles. The predicted molar refractivity (Wildman–Crippen MR) is 275 cm³/mol. The van der Waals surface area contributed by atoms with Gasteiger partial charge in [-0.25, -0.2) is 4.57 Å². The van der Waals surface area contributed by atoms with Crippen LogP contribution in [-0.4, -0.2) is 49.3 Å². The van der Waals surface area contributed by atoms with Crippen LogP contribution in [0.3, 0.4) is 0 Å². The second-order valence-electron chi connectivity index (χ2n) is 18.5. The molecule has 0 aromatic rings. The lowest BCUT2D eigenvalue weighted by molar-refractivity contribution is -0.161. The van der Waals surface area contributed by atoms with Crippen LogP contribution in [0.25, 0.3) is 0 Å². The topological polar surface area (TPSA) is 134 Å². The van der Waals surface area contributed by atoms with Crippen LogP contribution in [0.2, 0.25) is 0 Å². The van der Waals surface area contributed by atoms with Crippen LogP contribution < -0.4 is 5.73 Å². The van der Waals surface area contributed by atoms with Crippen LogP contribution in [0, 0.1) is 0 Å². The van der Waals surface area contributed by atoms with Gasteiger partial charge in [0.25, 0.3) is 0 Å². The first-order valence-electron chi connectivity index (χ1n) is 27.5. The van der Waals surface area contributed by atoms with Crippen molar-refractivity contribution in [2.45, 2.75) is 277 Å². The molecule has 0 fully saturated rings. The van der Waals surface area contributed by atoms with Gasteiger partial charge in [-0.2, -0.15) is 0 Å². The number of carbonyl (C=O) groups is 2. The van der Waals surface area contributed by atoms with Gasteiger partial charge >= 0.3 is 19.8 Å². The summed E-state index contributed by atoms with van der Waals surface area (Å²) >= 11 is 0. The molecule has 2 unspecified atom stereocenters. The minimum absolute atomic E-state index is 0.0555. The third-order valence-corrected chi connectivity index (χ3v) is 13.0. The second-order valence-corrected chi connectivity index (χ2v) is 19.9. The highest BCUT2D eigenvalue weighted by atomic mass is 31.2. The maximum Gasteiger partial charge on any atom is 0.472 e. The smallest absolute Gasteiger partial charge is 0.462 e. The zero-order chi connectivity index (χ0) is 47.4. The van der Waals surface area contributed by atoms with Crippen molar-refractivity contribution in [1.29, 1.82) is 0 Å². The summed E-state index contributed by atoms with van der Waals surface area (Å²) in [6.07, 6.45) is 60.7. The lowest BCUT2D eigenvalue weighted by atomic mass is 10.0. The van der Waals surface area contributed by atoms with E-state index in [0.29, 0.717) is 6.42 Å². The van der Waals surface area contributed by atoms with Crippen LogP contribution in [-0.2, 0) is 32.7 Å². The summed E-state index contributed by atoms with van der Waals surface area (Å²) in [5.41, 5.74) is 5.36. The molecule has 0 heterocycles. The van der Waals surface area contributed by atoms with Gasteiger partial charge in [0.2, 0.25) is 0 Å². The Morgan fingerprint density at radius 3 is 1.18 bits per heavy atom. The third-order valence-electron chi connectivity index (χ3n) is 12.0. The summed E-state index contributed by atoms with van der Waals surface area (Å²) in [6, 6.07) is 0. The Balaban J connectivity index is 3.83. The first-order valence-corrected chi connectivity index (χ1v) is 29.0. The van der Waals surface area contributed by atoms with Crippen molar-refractivity contribution >= 4 is 19.8 Å². The molecule has 0 radical (unpaired) electrons. The second kappa shape index (κ2) is 51.6. The number of rotatable bonds is 52. The van der Waals surface area contributed by atoms with E-state index in [9.17, 15) is 19.0 Å². The summed E-state index contributed by atoms with van der Waals surface area (Å²) in [4.78, 5) is 35.0. The van der Waals surface area contributed by atoms with Crippen molar-refractivity contribution in [3.8, 4) is 0 Å². The molecule has 0 aromatic heterocycles. The molecule has 0 rings (SSSR count). The summed E-state index contributed by atoms with van der Waals surface area (Å²) in [7, 11) is -4.38. The van der Waals surface area contributed by atoms with E-state index in [0.717, 1.165) is 44.9 Å². The van der Waals surface area contributed by atoms with Crippen molar-refractivity contribution in [3.63, 3.8) is 0 Å². The first-order chi connectivity index (χ1) is 31.8. The van der Waals surface area contributed by atoms with E-state index in [1.165, 1.54) is 193 Å². The minimum atomic E-state index is -4.38. The Bertz CT molecular complexity index is 1160. The van der Waals surface area contributed by atoms with E-state index in [1.807, 2.05) is 0 Å². The van der Waals surface area contributed by atoms with Crippen molar-refractivity contribution in [1.82, 2.24) is 0 Å². The highest BCUT2D eigenvalue weighted by Gasteiger charge is 2.26. The van der Waals surface area contributed by atoms with E-state index in [4.69, 9.17) is 24.3 Å². The molecule has 2 atom stereocenters. The van der Waals surface area contributed by atoms with Gasteiger partial charge in [-0.15, -0.1) is 0 Å². The molecule has 0 amide bonds. The zero-order valence-corrected chi connectivity index (χ0v) is 43.4. The molecular weight excluding hydrogens is 834 g/mol. The summed E-state index contributed by atoms with van der Waals surface area (Å²) in [5.74, 6) is -0.817. The first kappa shape index (κ1) is 63.2. The number of phosphoric ester groups is 1. The monoisotopic (exact) mass is 938 g/mol. The molecule has 0 aliphatic carbocycles. The number of carbonyl (C=O) groups excluding carboxylic acids is 2. The fourth-order valence-corrected chi connectivity index (χ4v) is 8.70. The average Bonchev–Trinajstić information content (AvgIpc) is 3.30. The van der Waals surface area contributed by atoms with Gasteiger partial charge in [-0.05, 0) is 51.4 Å². The molecule has 0 spiro atoms. The molecule has 3 N–H and O–H groups in total. The van der Waals surface area contributed by atoms with E-state index in [-0.39, 0.29) is 38.6 Å². The van der Waals surface area contributed by atoms with E-state index < -0.39 is 26.5 Å². The standard InChI is InChI=1S/C55H104NO8P/c1-3-5-7-9-11-13-15-16-17-18-19-20-21-22-23-24-25-26-27-28-29-30-31-32-33-34-35-36-38-40-42-44-46-48-55(58)64-53(52-63-65(59,60)62-50-49-56)51-61-54(57)47-45-43-41-39-37-14-12-10-8-6-4-2/h15-16,18-19,21-22,53H,3-14,17,20,23-52,56H2,1-2H3,(H,59,60)/b16-15-,19-18-,22-21-. The molecule has 9 nitrogen and oxygen atoms in total. The number of hydrogen-bond acceptors (Lipinski definition) is 8. The molecule has 382 valence electrons. The molecule has 65 heavy (non-hydrogen) atoms. The number of nitrogens with two attached hydrogens (primary N) is 1. The van der Waals surface area contributed by atoms with Gasteiger partial charge in [0, 0.05) is 19.4 Å². The van der Waals surface area contributed by atoms with Gasteiger partial charge < -0.3 is 20.1 Å². The van der Waals surface area contributed by atoms with Gasteiger partial charge in [0.15, 0.2) is 6.10 Å². The van der Waals surface area contributed by atoms with Crippen molar-refractivity contribution in [2.75, 3.05) is 26.4 Å². The zero-order valence-electron chi connectivity index (χ0n) is 42.5. The number of hydrogen-bond donors (Lipinski definition) is 2. The SMILES string of the molecule is CCCCCCC/C=C\C/C=C\C/C=C\CCCCCCCCCCCCCCCCCCCCC(=O)OC(COC(=O)CCCCCCCCCCCCC)COP(=O)(O)OCCN. The van der Waals surface area contributed by atoms with Crippen LogP contribution >= 0.6 is 7.82 Å². The van der Waals surface area contributed by atoms with Gasteiger partial charge in [-0.3, -0.25) is 18.6 Å². The Morgan fingerprint density at radius 2 is 0.800 bits per heavy atom. The summed E-state index contributed by atoms with van der Waals surface area (Å²) in [5, 5.41) is 0. The van der Waals surface area contributed by atoms with Crippen LogP contribution in [0.15, 0.2) is 36.5 Å². The Labute approximate surface area is 401 Å².